The molecule has 1 aliphatic rings. The smallest absolute Gasteiger partial charge is 0.257 e. The number of nitrogens with one attached hydrogen (secondary N) is 3. The molecule has 1 aromatic heterocycles. The summed E-state index contributed by atoms with van der Waals surface area (Å²) in [5.74, 6) is -0.171. The molecule has 0 saturated carbocycles. The molecule has 2 heterocycles. The lowest BCUT2D eigenvalue weighted by molar-refractivity contribution is -0.605. The van der Waals surface area contributed by atoms with E-state index in [1.54, 1.807) is 18.2 Å². The van der Waals surface area contributed by atoms with Gasteiger partial charge in [0.05, 0.1) is 5.56 Å². The van der Waals surface area contributed by atoms with E-state index in [1.165, 1.54) is 18.0 Å². The van der Waals surface area contributed by atoms with E-state index in [0.29, 0.717) is 12.1 Å². The van der Waals surface area contributed by atoms with Crippen LogP contribution in [0.25, 0.3) is 0 Å². The topological polar surface area (TPSA) is 80.1 Å². The van der Waals surface area contributed by atoms with Crippen LogP contribution in [0.4, 0.5) is 17.1 Å². The minimum Gasteiger partial charge on any atom is -0.619 e. The molecule has 3 aromatic rings. The molecule has 4 rings (SSSR count). The highest BCUT2D eigenvalue weighted by Gasteiger charge is 2.29. The number of amides is 1. The Morgan fingerprint density at radius 2 is 1.90 bits per heavy atom. The maximum absolute atomic E-state index is 12.9. The average Bonchev–Trinajstić information content (AvgIpc) is 3.02. The Morgan fingerprint density at radius 3 is 2.69 bits per heavy atom. The van der Waals surface area contributed by atoms with E-state index in [4.69, 9.17) is 0 Å². The third kappa shape index (κ3) is 4.01. The van der Waals surface area contributed by atoms with Crippen LogP contribution in [-0.2, 0) is 12.0 Å². The molecule has 6 nitrogen and oxygen atoms in total. The van der Waals surface area contributed by atoms with Crippen LogP contribution >= 0.6 is 0 Å². The van der Waals surface area contributed by atoms with Crippen molar-refractivity contribution in [3.05, 3.63) is 88.9 Å². The van der Waals surface area contributed by atoms with Crippen molar-refractivity contribution < 1.29 is 9.52 Å². The first-order valence-corrected chi connectivity index (χ1v) is 9.63. The molecule has 1 aliphatic heterocycles. The van der Waals surface area contributed by atoms with Crippen molar-refractivity contribution in [2.75, 3.05) is 22.5 Å². The van der Waals surface area contributed by atoms with Crippen molar-refractivity contribution >= 4 is 23.0 Å². The number of carbonyl (C=O) groups excluding carboxylic acids is 1. The van der Waals surface area contributed by atoms with Crippen LogP contribution in [0, 0.1) is 5.21 Å². The van der Waals surface area contributed by atoms with E-state index in [9.17, 15) is 10.0 Å². The van der Waals surface area contributed by atoms with Gasteiger partial charge >= 0.3 is 0 Å². The summed E-state index contributed by atoms with van der Waals surface area (Å²) < 4.78 is 0.748. The van der Waals surface area contributed by atoms with Crippen molar-refractivity contribution in [1.29, 1.82) is 0 Å². The molecule has 6 heteroatoms. The van der Waals surface area contributed by atoms with Crippen LogP contribution in [0.5, 0.6) is 0 Å². The zero-order valence-corrected chi connectivity index (χ0v) is 16.5. The molecule has 0 fully saturated rings. The largest absolute Gasteiger partial charge is 0.619 e. The molecule has 0 unspecified atom stereocenters. The fourth-order valence-corrected chi connectivity index (χ4v) is 3.56. The van der Waals surface area contributed by atoms with E-state index in [1.807, 2.05) is 30.3 Å². The highest BCUT2D eigenvalue weighted by Crippen LogP contribution is 2.37. The molecular weight excluding hydrogens is 364 g/mol. The lowest BCUT2D eigenvalue weighted by Gasteiger charge is -2.17. The number of para-hydroxylation sites is 1. The van der Waals surface area contributed by atoms with E-state index in [2.05, 4.69) is 35.9 Å². The molecular formula is C23H24N4O2. The maximum Gasteiger partial charge on any atom is 0.257 e. The second-order valence-corrected chi connectivity index (χ2v) is 7.92. The fraction of sp³-hybridized carbons (Fsp3) is 0.217. The van der Waals surface area contributed by atoms with E-state index >= 15 is 0 Å². The Morgan fingerprint density at radius 1 is 1.14 bits per heavy atom. The van der Waals surface area contributed by atoms with Crippen LogP contribution in [0.2, 0.25) is 0 Å². The van der Waals surface area contributed by atoms with Gasteiger partial charge in [-0.25, -0.2) is 0 Å². The van der Waals surface area contributed by atoms with Gasteiger partial charge in [0.2, 0.25) is 0 Å². The van der Waals surface area contributed by atoms with Gasteiger partial charge in [-0.2, -0.15) is 4.73 Å². The van der Waals surface area contributed by atoms with Crippen molar-refractivity contribution in [3.8, 4) is 0 Å². The van der Waals surface area contributed by atoms with Gasteiger partial charge in [0.1, 0.15) is 0 Å². The second kappa shape index (κ2) is 7.47. The highest BCUT2D eigenvalue weighted by molar-refractivity contribution is 6.08. The third-order valence-electron chi connectivity index (χ3n) is 5.25. The van der Waals surface area contributed by atoms with Crippen molar-refractivity contribution in [3.63, 3.8) is 0 Å². The van der Waals surface area contributed by atoms with Gasteiger partial charge in [-0.1, -0.05) is 32.0 Å². The number of anilines is 3. The molecule has 3 N–H and O–H groups in total. The summed E-state index contributed by atoms with van der Waals surface area (Å²) in [4.78, 5) is 12.9. The number of carbonyl (C=O) groups is 1. The molecule has 1 amide bonds. The zero-order valence-electron chi connectivity index (χ0n) is 16.5. The summed E-state index contributed by atoms with van der Waals surface area (Å²) in [5, 5.41) is 20.8. The molecule has 0 saturated heterocycles. The first-order valence-electron chi connectivity index (χ1n) is 9.63. The van der Waals surface area contributed by atoms with Gasteiger partial charge in [-0.3, -0.25) is 4.79 Å². The van der Waals surface area contributed by atoms with Gasteiger partial charge in [-0.05, 0) is 35.4 Å². The molecule has 0 bridgehead atoms. The molecule has 0 atom stereocenters. The zero-order chi connectivity index (χ0) is 20.4. The predicted octanol–water partition coefficient (Wildman–Crippen LogP) is 3.89. The van der Waals surface area contributed by atoms with Crippen LogP contribution in [0.15, 0.2) is 67.0 Å². The number of aromatic nitrogens is 1. The fourth-order valence-electron chi connectivity index (χ4n) is 3.56. The lowest BCUT2D eigenvalue weighted by Crippen LogP contribution is -2.24. The van der Waals surface area contributed by atoms with Crippen LogP contribution < -0.4 is 20.7 Å². The van der Waals surface area contributed by atoms with Crippen LogP contribution in [0.1, 0.15) is 35.3 Å². The number of pyridine rings is 1. The number of hydrogen-bond donors (Lipinski definition) is 3. The minimum atomic E-state index is -0.171. The second-order valence-electron chi connectivity index (χ2n) is 7.92. The Balaban J connectivity index is 1.49. The van der Waals surface area contributed by atoms with Gasteiger partial charge in [0.25, 0.3) is 5.91 Å². The van der Waals surface area contributed by atoms with E-state index < -0.39 is 0 Å². The predicted molar refractivity (Wildman–Crippen MR) is 115 cm³/mol. The molecule has 2 aromatic carbocycles. The average molecular weight is 388 g/mol. The monoisotopic (exact) mass is 388 g/mol. The number of nitrogens with zero attached hydrogens (tertiary/aromatic N) is 1. The first kappa shape index (κ1) is 18.8. The Labute approximate surface area is 170 Å². The van der Waals surface area contributed by atoms with Crippen LogP contribution in [-0.4, -0.2) is 12.5 Å². The summed E-state index contributed by atoms with van der Waals surface area (Å²) >= 11 is 0. The molecule has 0 radical (unpaired) electrons. The van der Waals surface area contributed by atoms with Crippen LogP contribution in [0.3, 0.4) is 0 Å². The standard InChI is InChI=1S/C23H24N4O2/c1-23(2)15-25-21-13-17(7-8-19(21)23)26-22(28)18-5-3-4-6-20(18)24-14-16-9-11-27(29)12-10-16/h3-13,24-25H,14-15H2,1-2H3,(H,26,28). The normalized spacial score (nSPS) is 14.0. The van der Waals surface area contributed by atoms with Gasteiger partial charge in [0.15, 0.2) is 12.4 Å². The summed E-state index contributed by atoms with van der Waals surface area (Å²) in [6.45, 7) is 5.81. The summed E-state index contributed by atoms with van der Waals surface area (Å²) in [7, 11) is 0. The Bertz CT molecular complexity index is 1040. The third-order valence-corrected chi connectivity index (χ3v) is 5.25. The number of hydrogen-bond acceptors (Lipinski definition) is 4. The maximum atomic E-state index is 12.9. The quantitative estimate of drug-likeness (QED) is 0.458. The molecule has 148 valence electrons. The van der Waals surface area contributed by atoms with E-state index in [-0.39, 0.29) is 11.3 Å². The van der Waals surface area contributed by atoms with E-state index in [0.717, 1.165) is 33.9 Å². The van der Waals surface area contributed by atoms with Crippen molar-refractivity contribution in [1.82, 2.24) is 0 Å². The molecule has 29 heavy (non-hydrogen) atoms. The minimum absolute atomic E-state index is 0.0944. The summed E-state index contributed by atoms with van der Waals surface area (Å²) in [6.07, 6.45) is 2.91. The Hall–Kier alpha value is -3.54. The molecule has 0 aliphatic carbocycles. The SMILES string of the molecule is CC1(C)CNc2cc(NC(=O)c3ccccc3NCc3cc[n+]([O-])cc3)ccc21. The molecule has 0 spiro atoms. The lowest BCUT2D eigenvalue weighted by atomic mass is 9.87. The Kier molecular flexibility index (Phi) is 4.84. The highest BCUT2D eigenvalue weighted by atomic mass is 16.5. The van der Waals surface area contributed by atoms with Crippen molar-refractivity contribution in [2.45, 2.75) is 25.8 Å². The summed E-state index contributed by atoms with van der Waals surface area (Å²) in [6, 6.07) is 16.9. The number of fused-ring (bicyclic) bond motifs is 1. The number of rotatable bonds is 5. The van der Waals surface area contributed by atoms with Crippen molar-refractivity contribution in [2.24, 2.45) is 0 Å². The van der Waals surface area contributed by atoms with Gasteiger partial charge < -0.3 is 21.2 Å². The number of benzene rings is 2. The summed E-state index contributed by atoms with van der Waals surface area (Å²) in [5.41, 5.74) is 5.45. The first-order chi connectivity index (χ1) is 13.9. The van der Waals surface area contributed by atoms with Gasteiger partial charge in [-0.15, -0.1) is 0 Å². The van der Waals surface area contributed by atoms with Gasteiger partial charge in [0, 0.05) is 47.7 Å².